The molecule has 0 fully saturated rings. The Labute approximate surface area is 67.6 Å². The molecule has 0 bridgehead atoms. The van der Waals surface area contributed by atoms with Gasteiger partial charge in [0.05, 0.1) is 6.54 Å². The standard InChI is InChI=1S/C2H3N3O2.Na/c3-5-4-1-2(6)7;/h1H2,(H,6,7);/q;+1/p-1. The molecule has 0 aliphatic carbocycles. The van der Waals surface area contributed by atoms with Crippen molar-refractivity contribution in [1.29, 1.82) is 0 Å². The van der Waals surface area contributed by atoms with Crippen LogP contribution in [0.2, 0.25) is 0 Å². The number of rotatable bonds is 2. The summed E-state index contributed by atoms with van der Waals surface area (Å²) in [6.07, 6.45) is 0. The molecule has 38 valence electrons. The second kappa shape index (κ2) is 6.78. The van der Waals surface area contributed by atoms with Gasteiger partial charge in [-0.2, -0.15) is 0 Å². The summed E-state index contributed by atoms with van der Waals surface area (Å²) in [5.41, 5.74) is 7.48. The summed E-state index contributed by atoms with van der Waals surface area (Å²) in [4.78, 5) is 11.6. The van der Waals surface area contributed by atoms with E-state index in [1.807, 2.05) is 0 Å². The van der Waals surface area contributed by atoms with Crippen molar-refractivity contribution in [2.75, 3.05) is 6.54 Å². The van der Waals surface area contributed by atoms with Gasteiger partial charge >= 0.3 is 29.6 Å². The minimum Gasteiger partial charge on any atom is -0.550 e. The zero-order valence-electron chi connectivity index (χ0n) is 4.37. The Morgan fingerprint density at radius 2 is 2.38 bits per heavy atom. The van der Waals surface area contributed by atoms with Crippen molar-refractivity contribution in [3.8, 4) is 0 Å². The minimum absolute atomic E-state index is 0. The van der Waals surface area contributed by atoms with Crippen molar-refractivity contribution < 1.29 is 39.5 Å². The van der Waals surface area contributed by atoms with Crippen molar-refractivity contribution in [3.05, 3.63) is 10.4 Å². The molecule has 0 rings (SSSR count). The third kappa shape index (κ3) is 9.24. The molecule has 0 aromatic carbocycles. The van der Waals surface area contributed by atoms with Crippen LogP contribution in [0, 0.1) is 0 Å². The molecule has 0 aliphatic heterocycles. The molecule has 0 aromatic rings. The third-order valence-corrected chi connectivity index (χ3v) is 0.263. The maximum atomic E-state index is 9.38. The molecule has 0 amide bonds. The molecule has 0 saturated carbocycles. The van der Waals surface area contributed by atoms with E-state index in [0.29, 0.717) is 0 Å². The van der Waals surface area contributed by atoms with Crippen LogP contribution in [0.25, 0.3) is 10.4 Å². The van der Waals surface area contributed by atoms with Gasteiger partial charge in [-0.05, 0) is 5.53 Å². The predicted molar refractivity (Wildman–Crippen MR) is 19.0 cm³/mol. The molecule has 0 heterocycles. The van der Waals surface area contributed by atoms with Gasteiger partial charge in [-0.3, -0.25) is 0 Å². The summed E-state index contributed by atoms with van der Waals surface area (Å²) < 4.78 is 0. The van der Waals surface area contributed by atoms with Crippen LogP contribution >= 0.6 is 0 Å². The topological polar surface area (TPSA) is 88.9 Å². The van der Waals surface area contributed by atoms with Crippen LogP contribution in [-0.2, 0) is 4.79 Å². The molecule has 0 aromatic heterocycles. The molecule has 0 unspecified atom stereocenters. The van der Waals surface area contributed by atoms with Crippen LogP contribution in [0.15, 0.2) is 5.11 Å². The van der Waals surface area contributed by atoms with Crippen LogP contribution in [0.5, 0.6) is 0 Å². The summed E-state index contributed by atoms with van der Waals surface area (Å²) in [6.45, 7) is -0.587. The fourth-order valence-electron chi connectivity index (χ4n) is 0.0894. The Balaban J connectivity index is 0. The van der Waals surface area contributed by atoms with E-state index in [-0.39, 0.29) is 29.6 Å². The maximum absolute atomic E-state index is 9.38. The van der Waals surface area contributed by atoms with E-state index in [9.17, 15) is 9.90 Å². The summed E-state index contributed by atoms with van der Waals surface area (Å²) in [6, 6.07) is 0. The average molecular weight is 123 g/mol. The zero-order valence-corrected chi connectivity index (χ0v) is 6.37. The fourth-order valence-corrected chi connectivity index (χ4v) is 0.0894. The SMILES string of the molecule is [N-]=[N+]=NCC(=O)[O-].[Na+]. The molecule has 0 saturated heterocycles. The van der Waals surface area contributed by atoms with E-state index in [1.54, 1.807) is 0 Å². The molecule has 5 nitrogen and oxygen atoms in total. The Morgan fingerprint density at radius 3 is 2.50 bits per heavy atom. The molecule has 6 heteroatoms. The van der Waals surface area contributed by atoms with Crippen molar-refractivity contribution in [2.24, 2.45) is 5.11 Å². The van der Waals surface area contributed by atoms with E-state index < -0.39 is 12.5 Å². The van der Waals surface area contributed by atoms with E-state index in [2.05, 4.69) is 10.0 Å². The number of hydrogen-bond donors (Lipinski definition) is 0. The molecular formula is C2H2N3NaO2. The first kappa shape index (κ1) is 10.7. The first-order chi connectivity index (χ1) is 3.27. The van der Waals surface area contributed by atoms with Crippen LogP contribution in [0.4, 0.5) is 0 Å². The number of nitrogens with zero attached hydrogens (tertiary/aromatic N) is 3. The molecule has 0 spiro atoms. The number of carbonyl (C=O) groups is 1. The van der Waals surface area contributed by atoms with E-state index in [0.717, 1.165) is 0 Å². The summed E-state index contributed by atoms with van der Waals surface area (Å²) in [7, 11) is 0. The first-order valence-corrected chi connectivity index (χ1v) is 1.48. The molecule has 0 N–H and O–H groups in total. The molecule has 8 heavy (non-hydrogen) atoms. The van der Waals surface area contributed by atoms with Crippen molar-refractivity contribution in [2.45, 2.75) is 0 Å². The van der Waals surface area contributed by atoms with Gasteiger partial charge in [0.2, 0.25) is 0 Å². The van der Waals surface area contributed by atoms with E-state index >= 15 is 0 Å². The molecule has 0 atom stereocenters. The Kier molecular flexibility index (Phi) is 9.07. The minimum atomic E-state index is -1.36. The van der Waals surface area contributed by atoms with Gasteiger partial charge in [-0.1, -0.05) is 5.11 Å². The number of aliphatic carboxylic acids is 1. The van der Waals surface area contributed by atoms with Crippen molar-refractivity contribution >= 4 is 5.97 Å². The van der Waals surface area contributed by atoms with Gasteiger partial charge in [0.25, 0.3) is 0 Å². The largest absolute Gasteiger partial charge is 1.00 e. The first-order valence-electron chi connectivity index (χ1n) is 1.48. The fraction of sp³-hybridized carbons (Fsp3) is 0.500. The van der Waals surface area contributed by atoms with Crippen molar-refractivity contribution in [1.82, 2.24) is 0 Å². The third-order valence-electron chi connectivity index (χ3n) is 0.263. The summed E-state index contributed by atoms with van der Waals surface area (Å²) >= 11 is 0. The van der Waals surface area contributed by atoms with Gasteiger partial charge in [0.15, 0.2) is 0 Å². The Hall–Kier alpha value is -0.220. The van der Waals surface area contributed by atoms with E-state index in [1.165, 1.54) is 0 Å². The van der Waals surface area contributed by atoms with Crippen LogP contribution in [0.3, 0.4) is 0 Å². The number of carboxylic acids is 1. The number of carboxylic acid groups (broad SMARTS) is 1. The maximum Gasteiger partial charge on any atom is 1.00 e. The van der Waals surface area contributed by atoms with Crippen LogP contribution in [0.1, 0.15) is 0 Å². The number of carbonyl (C=O) groups excluding carboxylic acids is 1. The van der Waals surface area contributed by atoms with E-state index in [4.69, 9.17) is 5.53 Å². The second-order valence-corrected chi connectivity index (χ2v) is 0.761. The van der Waals surface area contributed by atoms with Gasteiger partial charge in [-0.25, -0.2) is 0 Å². The normalized spacial score (nSPS) is 6.00. The smallest absolute Gasteiger partial charge is 0.550 e. The summed E-state index contributed by atoms with van der Waals surface area (Å²) in [5, 5.41) is 12.1. The van der Waals surface area contributed by atoms with Crippen molar-refractivity contribution in [3.63, 3.8) is 0 Å². The monoisotopic (exact) mass is 123 g/mol. The Bertz CT molecular complexity index is 118. The predicted octanol–water partition coefficient (Wildman–Crippen LogP) is -3.95. The van der Waals surface area contributed by atoms with Gasteiger partial charge in [0.1, 0.15) is 0 Å². The van der Waals surface area contributed by atoms with Crippen LogP contribution in [-0.4, -0.2) is 12.5 Å². The zero-order chi connectivity index (χ0) is 5.70. The molecule has 0 radical (unpaired) electrons. The van der Waals surface area contributed by atoms with Gasteiger partial charge in [0, 0.05) is 10.9 Å². The van der Waals surface area contributed by atoms with Gasteiger partial charge in [-0.15, -0.1) is 0 Å². The second-order valence-electron chi connectivity index (χ2n) is 0.761. The number of azide groups is 1. The molecular weight excluding hydrogens is 121 g/mol. The number of hydrogen-bond acceptors (Lipinski definition) is 3. The van der Waals surface area contributed by atoms with Gasteiger partial charge < -0.3 is 9.90 Å². The average Bonchev–Trinajstić information content (AvgIpc) is 1.61. The van der Waals surface area contributed by atoms with Crippen LogP contribution < -0.4 is 34.7 Å². The molecule has 0 aliphatic rings. The Morgan fingerprint density at radius 1 is 1.88 bits per heavy atom. The quantitative estimate of drug-likeness (QED) is 0.162. The summed E-state index contributed by atoms with van der Waals surface area (Å²) in [5.74, 6) is -1.36.